The number of benzene rings is 3. The van der Waals surface area contributed by atoms with Crippen LogP contribution in [0.5, 0.6) is 5.75 Å². The Morgan fingerprint density at radius 2 is 1.73 bits per heavy atom. The van der Waals surface area contributed by atoms with Crippen molar-refractivity contribution in [3.63, 3.8) is 0 Å². The first-order valence-electron chi connectivity index (χ1n) is 13.1. The van der Waals surface area contributed by atoms with Crippen LogP contribution in [0.1, 0.15) is 29.5 Å². The average Bonchev–Trinajstić information content (AvgIpc) is 2.96. The summed E-state index contributed by atoms with van der Waals surface area (Å²) in [7, 11) is 0. The number of phenols is 1. The van der Waals surface area contributed by atoms with Gasteiger partial charge < -0.3 is 15.3 Å². The summed E-state index contributed by atoms with van der Waals surface area (Å²) >= 11 is 0. The molecule has 11 heteroatoms. The number of rotatable bonds is 9. The molecule has 0 aliphatic carbocycles. The zero-order valence-corrected chi connectivity index (χ0v) is 22.1. The van der Waals surface area contributed by atoms with Gasteiger partial charge in [-0.25, -0.2) is 5.43 Å². The summed E-state index contributed by atoms with van der Waals surface area (Å²) in [6.45, 7) is 3.65. The van der Waals surface area contributed by atoms with Crippen molar-refractivity contribution in [3.05, 3.63) is 99.6 Å². The van der Waals surface area contributed by atoms with Crippen molar-refractivity contribution in [1.29, 1.82) is 0 Å². The standard InChI is InChI=1S/C29H30N8O3/c1-20-10-12-24(13-11-20)31-27-32-28(35-30-19-23-8-5-9-25(26(23)38)37(39)40)34-29(33-27)36-16-14-22(15-17-36)18-21-6-3-2-4-7-21/h2-13,19,22,38H,14-18H2,1H3,(H2,31,32,33,34,35)/b30-19+. The van der Waals surface area contributed by atoms with Gasteiger partial charge in [0.2, 0.25) is 23.6 Å². The molecule has 11 nitrogen and oxygen atoms in total. The second kappa shape index (κ2) is 12.2. The molecule has 2 heterocycles. The van der Waals surface area contributed by atoms with Gasteiger partial charge in [-0.3, -0.25) is 10.1 Å². The summed E-state index contributed by atoms with van der Waals surface area (Å²) in [5.74, 6) is 1.21. The van der Waals surface area contributed by atoms with Gasteiger partial charge >= 0.3 is 5.69 Å². The normalized spacial score (nSPS) is 13.9. The molecule has 204 valence electrons. The zero-order valence-electron chi connectivity index (χ0n) is 22.1. The van der Waals surface area contributed by atoms with Gasteiger partial charge in [-0.1, -0.05) is 54.1 Å². The van der Waals surface area contributed by atoms with Crippen molar-refractivity contribution in [2.45, 2.75) is 26.2 Å². The smallest absolute Gasteiger partial charge is 0.311 e. The van der Waals surface area contributed by atoms with Gasteiger partial charge in [0, 0.05) is 30.4 Å². The summed E-state index contributed by atoms with van der Waals surface area (Å²) in [5, 5.41) is 28.7. The number of nitro groups is 1. The van der Waals surface area contributed by atoms with Crippen molar-refractivity contribution < 1.29 is 10.0 Å². The number of anilines is 4. The van der Waals surface area contributed by atoms with E-state index in [0.29, 0.717) is 17.8 Å². The molecule has 40 heavy (non-hydrogen) atoms. The number of hydrogen-bond donors (Lipinski definition) is 3. The Labute approximate surface area is 231 Å². The van der Waals surface area contributed by atoms with Crippen LogP contribution >= 0.6 is 0 Å². The monoisotopic (exact) mass is 538 g/mol. The Balaban J connectivity index is 1.34. The zero-order chi connectivity index (χ0) is 27.9. The Morgan fingerprint density at radius 3 is 2.45 bits per heavy atom. The van der Waals surface area contributed by atoms with Gasteiger partial charge in [0.05, 0.1) is 11.1 Å². The van der Waals surface area contributed by atoms with Crippen LogP contribution < -0.4 is 15.6 Å². The molecule has 1 aliphatic heterocycles. The van der Waals surface area contributed by atoms with E-state index in [1.165, 1.54) is 30.0 Å². The highest BCUT2D eigenvalue weighted by molar-refractivity contribution is 5.85. The second-order valence-electron chi connectivity index (χ2n) is 9.74. The fourth-order valence-corrected chi connectivity index (χ4v) is 4.62. The number of hydrogen-bond acceptors (Lipinski definition) is 10. The highest BCUT2D eigenvalue weighted by atomic mass is 16.6. The van der Waals surface area contributed by atoms with Crippen molar-refractivity contribution in [3.8, 4) is 5.75 Å². The maximum Gasteiger partial charge on any atom is 0.311 e. The van der Waals surface area contributed by atoms with Gasteiger partial charge in [-0.2, -0.15) is 20.1 Å². The SMILES string of the molecule is Cc1ccc(Nc2nc(N/N=C/c3cccc([N+](=O)[O-])c3O)nc(N3CCC(Cc4ccccc4)CC3)n2)cc1. The maximum atomic E-state index is 11.1. The fraction of sp³-hybridized carbons (Fsp3) is 0.241. The van der Waals surface area contributed by atoms with Gasteiger partial charge in [0.15, 0.2) is 0 Å². The average molecular weight is 539 g/mol. The summed E-state index contributed by atoms with van der Waals surface area (Å²) < 4.78 is 0. The molecular weight excluding hydrogens is 508 g/mol. The van der Waals surface area contributed by atoms with Crippen LogP contribution in [0.15, 0.2) is 77.9 Å². The molecule has 1 aromatic heterocycles. The molecule has 0 spiro atoms. The number of phenolic OH excluding ortho intramolecular Hbond substituents is 1. The third-order valence-electron chi connectivity index (χ3n) is 6.81. The summed E-state index contributed by atoms with van der Waals surface area (Å²) in [5.41, 5.74) is 5.90. The molecule has 0 amide bonds. The van der Waals surface area contributed by atoms with E-state index in [1.54, 1.807) is 0 Å². The highest BCUT2D eigenvalue weighted by Gasteiger charge is 2.23. The number of aromatic nitrogens is 3. The first-order chi connectivity index (χ1) is 19.4. The van der Waals surface area contributed by atoms with E-state index in [9.17, 15) is 15.2 Å². The van der Waals surface area contributed by atoms with Crippen molar-refractivity contribution in [1.82, 2.24) is 15.0 Å². The Kier molecular flexibility index (Phi) is 8.10. The molecule has 0 atom stereocenters. The first kappa shape index (κ1) is 26.5. The molecule has 0 saturated carbocycles. The van der Waals surface area contributed by atoms with E-state index in [1.807, 2.05) is 37.3 Å². The topological polar surface area (TPSA) is 142 Å². The predicted octanol–water partition coefficient (Wildman–Crippen LogP) is 5.44. The Bertz CT molecular complexity index is 1490. The molecule has 1 aliphatic rings. The number of nitrogens with zero attached hydrogens (tertiary/aromatic N) is 6. The van der Waals surface area contributed by atoms with Gasteiger partial charge in [0.1, 0.15) is 0 Å². The Hall–Kier alpha value is -5.06. The number of piperidine rings is 1. The minimum atomic E-state index is -0.648. The summed E-state index contributed by atoms with van der Waals surface area (Å²) in [6.07, 6.45) is 4.38. The molecule has 0 bridgehead atoms. The third kappa shape index (κ3) is 6.68. The molecule has 4 aromatic rings. The minimum absolute atomic E-state index is 0.189. The van der Waals surface area contributed by atoms with Crippen LogP contribution in [0.4, 0.5) is 29.2 Å². The number of aryl methyl sites for hydroxylation is 1. The Morgan fingerprint density at radius 1 is 1.00 bits per heavy atom. The van der Waals surface area contributed by atoms with E-state index in [-0.39, 0.29) is 11.5 Å². The number of aromatic hydroxyl groups is 1. The lowest BCUT2D eigenvalue weighted by atomic mass is 9.90. The van der Waals surface area contributed by atoms with Crippen LogP contribution in [-0.2, 0) is 6.42 Å². The molecule has 0 unspecified atom stereocenters. The van der Waals surface area contributed by atoms with Gasteiger partial charge in [-0.05, 0) is 55.9 Å². The number of hydrazone groups is 1. The molecule has 3 N–H and O–H groups in total. The lowest BCUT2D eigenvalue weighted by molar-refractivity contribution is -0.385. The second-order valence-corrected chi connectivity index (χ2v) is 9.74. The van der Waals surface area contributed by atoms with Crippen LogP contribution in [0, 0.1) is 23.0 Å². The number of para-hydroxylation sites is 1. The molecular formula is C29H30N8O3. The van der Waals surface area contributed by atoms with Crippen LogP contribution in [0.25, 0.3) is 0 Å². The van der Waals surface area contributed by atoms with Crippen LogP contribution in [0.3, 0.4) is 0 Å². The quantitative estimate of drug-likeness (QED) is 0.144. The predicted molar refractivity (Wildman–Crippen MR) is 155 cm³/mol. The van der Waals surface area contributed by atoms with Crippen molar-refractivity contribution >= 4 is 35.4 Å². The third-order valence-corrected chi connectivity index (χ3v) is 6.81. The minimum Gasteiger partial charge on any atom is -0.502 e. The summed E-state index contributed by atoms with van der Waals surface area (Å²) in [6, 6.07) is 22.7. The van der Waals surface area contributed by atoms with E-state index in [4.69, 9.17) is 0 Å². The fourth-order valence-electron chi connectivity index (χ4n) is 4.62. The van der Waals surface area contributed by atoms with Gasteiger partial charge in [0.25, 0.3) is 0 Å². The van der Waals surface area contributed by atoms with Crippen molar-refractivity contribution in [2.75, 3.05) is 28.7 Å². The van der Waals surface area contributed by atoms with Crippen molar-refractivity contribution in [2.24, 2.45) is 11.0 Å². The van der Waals surface area contributed by atoms with E-state index in [2.05, 4.69) is 60.0 Å². The number of nitrogens with one attached hydrogen (secondary N) is 2. The van der Waals surface area contributed by atoms with Crippen LogP contribution in [-0.4, -0.2) is 44.3 Å². The molecule has 3 aromatic carbocycles. The molecule has 5 rings (SSSR count). The lowest BCUT2D eigenvalue weighted by Crippen LogP contribution is -2.35. The summed E-state index contributed by atoms with van der Waals surface area (Å²) in [4.78, 5) is 26.3. The van der Waals surface area contributed by atoms with E-state index >= 15 is 0 Å². The highest BCUT2D eigenvalue weighted by Crippen LogP contribution is 2.28. The molecule has 1 fully saturated rings. The van der Waals surface area contributed by atoms with Gasteiger partial charge in [-0.15, -0.1) is 0 Å². The van der Waals surface area contributed by atoms with E-state index in [0.717, 1.165) is 43.6 Å². The molecule has 0 radical (unpaired) electrons. The van der Waals surface area contributed by atoms with Crippen LogP contribution in [0.2, 0.25) is 0 Å². The lowest BCUT2D eigenvalue weighted by Gasteiger charge is -2.32. The number of nitro benzene ring substituents is 1. The maximum absolute atomic E-state index is 11.1. The first-order valence-corrected chi connectivity index (χ1v) is 13.1. The van der Waals surface area contributed by atoms with E-state index < -0.39 is 16.4 Å². The largest absolute Gasteiger partial charge is 0.502 e. The molecule has 1 saturated heterocycles.